The minimum atomic E-state index is 0.0380. The van der Waals surface area contributed by atoms with Gasteiger partial charge in [0.25, 0.3) is 0 Å². The molecule has 2 aliphatic rings. The zero-order valence-electron chi connectivity index (χ0n) is 12.3. The molecule has 1 amide bonds. The Bertz CT molecular complexity index is 269. The molecule has 2 saturated heterocycles. The van der Waals surface area contributed by atoms with Crippen molar-refractivity contribution in [2.75, 3.05) is 26.2 Å². The van der Waals surface area contributed by atoms with Gasteiger partial charge in [0.05, 0.1) is 6.04 Å². The van der Waals surface area contributed by atoms with Crippen molar-refractivity contribution in [2.45, 2.75) is 64.0 Å². The Morgan fingerprint density at radius 1 is 1.21 bits per heavy atom. The molecule has 4 nitrogen and oxygen atoms in total. The number of likely N-dealkylation sites (tertiary alicyclic amines) is 1. The molecule has 0 aliphatic carbocycles. The van der Waals surface area contributed by atoms with E-state index in [1.54, 1.807) is 0 Å². The molecule has 0 spiro atoms. The van der Waals surface area contributed by atoms with Gasteiger partial charge in [-0.05, 0) is 52.2 Å². The molecule has 2 rings (SSSR count). The second-order valence-electron chi connectivity index (χ2n) is 6.05. The first-order valence-corrected chi connectivity index (χ1v) is 8.02. The normalized spacial score (nSPS) is 27.5. The van der Waals surface area contributed by atoms with Crippen LogP contribution in [0, 0.1) is 0 Å². The number of piperidine rings is 1. The summed E-state index contributed by atoms with van der Waals surface area (Å²) in [6.45, 7) is 6.39. The van der Waals surface area contributed by atoms with Crippen LogP contribution in [0.1, 0.15) is 51.9 Å². The number of nitrogens with one attached hydrogen (secondary N) is 2. The molecule has 110 valence electrons. The highest BCUT2D eigenvalue weighted by molar-refractivity contribution is 5.81. The molecule has 4 heteroatoms. The van der Waals surface area contributed by atoms with Crippen LogP contribution < -0.4 is 10.6 Å². The van der Waals surface area contributed by atoms with E-state index in [9.17, 15) is 4.79 Å². The highest BCUT2D eigenvalue weighted by Gasteiger charge is 2.21. The molecule has 0 radical (unpaired) electrons. The summed E-state index contributed by atoms with van der Waals surface area (Å²) in [5, 5.41) is 6.49. The van der Waals surface area contributed by atoms with Crippen LogP contribution >= 0.6 is 0 Å². The van der Waals surface area contributed by atoms with Crippen LogP contribution in [0.2, 0.25) is 0 Å². The Labute approximate surface area is 117 Å². The highest BCUT2D eigenvalue weighted by Crippen LogP contribution is 2.12. The van der Waals surface area contributed by atoms with Crippen molar-refractivity contribution in [3.05, 3.63) is 0 Å². The van der Waals surface area contributed by atoms with Gasteiger partial charge < -0.3 is 10.6 Å². The van der Waals surface area contributed by atoms with Crippen LogP contribution in [-0.2, 0) is 4.79 Å². The van der Waals surface area contributed by atoms with E-state index < -0.39 is 0 Å². The van der Waals surface area contributed by atoms with Gasteiger partial charge in [-0.2, -0.15) is 0 Å². The Balaban J connectivity index is 1.69. The fraction of sp³-hybridized carbons (Fsp3) is 0.933. The molecular formula is C15H29N3O. The monoisotopic (exact) mass is 267 g/mol. The summed E-state index contributed by atoms with van der Waals surface area (Å²) in [6.07, 6.45) is 8.60. The molecule has 2 heterocycles. The summed E-state index contributed by atoms with van der Waals surface area (Å²) in [6, 6.07) is 0.506. The first-order chi connectivity index (χ1) is 9.27. The summed E-state index contributed by atoms with van der Waals surface area (Å²) in [4.78, 5) is 14.7. The zero-order valence-corrected chi connectivity index (χ0v) is 12.3. The lowest BCUT2D eigenvalue weighted by molar-refractivity contribution is -0.123. The van der Waals surface area contributed by atoms with E-state index in [0.717, 1.165) is 19.5 Å². The summed E-state index contributed by atoms with van der Waals surface area (Å²) < 4.78 is 0. The van der Waals surface area contributed by atoms with Gasteiger partial charge in [0, 0.05) is 12.6 Å². The average Bonchev–Trinajstić information content (AvgIpc) is 2.74. The lowest BCUT2D eigenvalue weighted by Crippen LogP contribution is -2.49. The second kappa shape index (κ2) is 7.85. The largest absolute Gasteiger partial charge is 0.353 e. The second-order valence-corrected chi connectivity index (χ2v) is 6.05. The van der Waals surface area contributed by atoms with Crippen molar-refractivity contribution in [1.82, 2.24) is 15.5 Å². The number of amides is 1. The Hall–Kier alpha value is -0.610. The molecule has 2 fully saturated rings. The van der Waals surface area contributed by atoms with Crippen LogP contribution in [0.15, 0.2) is 0 Å². The molecule has 0 aromatic heterocycles. The maximum Gasteiger partial charge on any atom is 0.237 e. The number of hydrogen-bond donors (Lipinski definition) is 2. The number of hydrogen-bond acceptors (Lipinski definition) is 3. The van der Waals surface area contributed by atoms with E-state index in [0.29, 0.717) is 6.04 Å². The first kappa shape index (κ1) is 14.8. The van der Waals surface area contributed by atoms with Gasteiger partial charge in [-0.25, -0.2) is 0 Å². The van der Waals surface area contributed by atoms with E-state index in [2.05, 4.69) is 22.5 Å². The van der Waals surface area contributed by atoms with Gasteiger partial charge >= 0.3 is 0 Å². The van der Waals surface area contributed by atoms with Crippen LogP contribution in [-0.4, -0.2) is 49.1 Å². The number of carbonyl (C=O) groups excluding carboxylic acids is 1. The van der Waals surface area contributed by atoms with Gasteiger partial charge in [-0.1, -0.05) is 19.3 Å². The van der Waals surface area contributed by atoms with Crippen LogP contribution in [0.3, 0.4) is 0 Å². The Morgan fingerprint density at radius 3 is 2.74 bits per heavy atom. The maximum absolute atomic E-state index is 12.1. The molecule has 0 aromatic carbocycles. The zero-order chi connectivity index (χ0) is 13.5. The highest BCUT2D eigenvalue weighted by atomic mass is 16.2. The molecule has 2 aliphatic heterocycles. The lowest BCUT2D eigenvalue weighted by atomic mass is 10.1. The van der Waals surface area contributed by atoms with E-state index >= 15 is 0 Å². The summed E-state index contributed by atoms with van der Waals surface area (Å²) in [5.41, 5.74) is 0. The van der Waals surface area contributed by atoms with Crippen molar-refractivity contribution >= 4 is 5.91 Å². The standard InChI is InChI=1S/C15H29N3O/c1-13(18-10-6-3-7-11-18)12-17-15(19)14-8-4-2-5-9-16-14/h13-14,16H,2-12H2,1H3,(H,17,19). The van der Waals surface area contributed by atoms with E-state index in [1.807, 2.05) is 0 Å². The van der Waals surface area contributed by atoms with E-state index in [-0.39, 0.29) is 11.9 Å². The average molecular weight is 267 g/mol. The van der Waals surface area contributed by atoms with Crippen molar-refractivity contribution in [1.29, 1.82) is 0 Å². The minimum absolute atomic E-state index is 0.0380. The first-order valence-electron chi connectivity index (χ1n) is 8.02. The Kier molecular flexibility index (Phi) is 6.11. The van der Waals surface area contributed by atoms with E-state index in [1.165, 1.54) is 51.6 Å². The SMILES string of the molecule is CC(CNC(=O)C1CCCCCN1)N1CCCCC1. The third-order valence-corrected chi connectivity index (χ3v) is 4.46. The number of carbonyl (C=O) groups is 1. The van der Waals surface area contributed by atoms with Gasteiger partial charge in [0.15, 0.2) is 0 Å². The quantitative estimate of drug-likeness (QED) is 0.811. The van der Waals surface area contributed by atoms with E-state index in [4.69, 9.17) is 0 Å². The molecule has 0 saturated carbocycles. The molecule has 2 atom stereocenters. The minimum Gasteiger partial charge on any atom is -0.353 e. The fourth-order valence-electron chi connectivity index (χ4n) is 3.11. The van der Waals surface area contributed by atoms with Gasteiger partial charge in [0.1, 0.15) is 0 Å². The molecular weight excluding hydrogens is 238 g/mol. The van der Waals surface area contributed by atoms with Gasteiger partial charge in [-0.15, -0.1) is 0 Å². The van der Waals surface area contributed by atoms with Crippen molar-refractivity contribution < 1.29 is 4.79 Å². The smallest absolute Gasteiger partial charge is 0.237 e. The van der Waals surface area contributed by atoms with Crippen molar-refractivity contribution in [3.63, 3.8) is 0 Å². The number of rotatable bonds is 4. The topological polar surface area (TPSA) is 44.4 Å². The van der Waals surface area contributed by atoms with Crippen LogP contribution in [0.25, 0.3) is 0 Å². The summed E-state index contributed by atoms with van der Waals surface area (Å²) >= 11 is 0. The predicted octanol–water partition coefficient (Wildman–Crippen LogP) is 1.51. The summed E-state index contributed by atoms with van der Waals surface area (Å²) in [5.74, 6) is 0.200. The molecule has 2 N–H and O–H groups in total. The molecule has 19 heavy (non-hydrogen) atoms. The lowest BCUT2D eigenvalue weighted by Gasteiger charge is -2.32. The van der Waals surface area contributed by atoms with Gasteiger partial charge in [0.2, 0.25) is 5.91 Å². The Morgan fingerprint density at radius 2 is 1.95 bits per heavy atom. The van der Waals surface area contributed by atoms with Crippen molar-refractivity contribution in [3.8, 4) is 0 Å². The third-order valence-electron chi connectivity index (χ3n) is 4.46. The van der Waals surface area contributed by atoms with Crippen molar-refractivity contribution in [2.24, 2.45) is 0 Å². The fourth-order valence-corrected chi connectivity index (χ4v) is 3.11. The van der Waals surface area contributed by atoms with Crippen LogP contribution in [0.5, 0.6) is 0 Å². The van der Waals surface area contributed by atoms with Gasteiger partial charge in [-0.3, -0.25) is 9.69 Å². The summed E-state index contributed by atoms with van der Waals surface area (Å²) in [7, 11) is 0. The maximum atomic E-state index is 12.1. The molecule has 0 aromatic rings. The van der Waals surface area contributed by atoms with Crippen LogP contribution in [0.4, 0.5) is 0 Å². The predicted molar refractivity (Wildman–Crippen MR) is 78.2 cm³/mol. The molecule has 0 bridgehead atoms. The molecule has 2 unspecified atom stereocenters. The third kappa shape index (κ3) is 4.77. The number of nitrogens with zero attached hydrogens (tertiary/aromatic N) is 1.